The quantitative estimate of drug-likeness (QED) is 0.887. The van der Waals surface area contributed by atoms with Crippen LogP contribution in [0.1, 0.15) is 26.2 Å². The number of thiazole rings is 1. The van der Waals surface area contributed by atoms with E-state index in [1.165, 1.54) is 11.3 Å². The number of rotatable bonds is 4. The Hall–Kier alpha value is -0.840. The molecule has 1 heterocycles. The molecule has 0 atom stereocenters. The molecule has 0 saturated carbocycles. The van der Waals surface area contributed by atoms with Gasteiger partial charge in [-0.05, 0) is 18.6 Å². The van der Waals surface area contributed by atoms with Crippen LogP contribution < -0.4 is 5.32 Å². The third kappa shape index (κ3) is 3.13. The van der Waals surface area contributed by atoms with Gasteiger partial charge in [0.25, 0.3) is 0 Å². The minimum absolute atomic E-state index is 0.0156. The molecule has 0 spiro atoms. The summed E-state index contributed by atoms with van der Waals surface area (Å²) >= 11 is 13.3. The number of nitrogens with zero attached hydrogens (tertiary/aromatic N) is 1. The number of hydrogen-bond donors (Lipinski definition) is 1. The first-order valence-corrected chi connectivity index (χ1v) is 7.23. The number of hydrogen-bond acceptors (Lipinski definition) is 3. The number of amides is 1. The number of carbonyl (C=O) groups excluding carboxylic acids is 1. The minimum atomic E-state index is -0.0156. The van der Waals surface area contributed by atoms with Gasteiger partial charge in [-0.15, -0.1) is 0 Å². The van der Waals surface area contributed by atoms with Crippen molar-refractivity contribution in [3.63, 3.8) is 0 Å². The molecule has 6 heteroatoms. The second-order valence-corrected chi connectivity index (χ2v) is 5.78. The van der Waals surface area contributed by atoms with E-state index in [4.69, 9.17) is 23.2 Å². The highest BCUT2D eigenvalue weighted by molar-refractivity contribution is 7.22. The number of benzene rings is 1. The Balaban J connectivity index is 2.20. The molecule has 0 radical (unpaired) electrons. The normalized spacial score (nSPS) is 10.8. The van der Waals surface area contributed by atoms with Crippen molar-refractivity contribution in [1.82, 2.24) is 4.98 Å². The first-order valence-electron chi connectivity index (χ1n) is 5.65. The molecule has 96 valence electrons. The van der Waals surface area contributed by atoms with Gasteiger partial charge in [0.1, 0.15) is 5.52 Å². The summed E-state index contributed by atoms with van der Waals surface area (Å²) in [4.78, 5) is 15.9. The maximum atomic E-state index is 11.6. The van der Waals surface area contributed by atoms with Crippen molar-refractivity contribution in [3.05, 3.63) is 22.2 Å². The van der Waals surface area contributed by atoms with Gasteiger partial charge < -0.3 is 5.32 Å². The number of nitrogens with one attached hydrogen (secondary N) is 1. The monoisotopic (exact) mass is 302 g/mol. The van der Waals surface area contributed by atoms with Gasteiger partial charge in [0.2, 0.25) is 5.91 Å². The molecule has 1 aromatic heterocycles. The molecule has 0 aliphatic rings. The number of fused-ring (bicyclic) bond motifs is 1. The zero-order chi connectivity index (χ0) is 13.1. The molecule has 1 N–H and O–H groups in total. The summed E-state index contributed by atoms with van der Waals surface area (Å²) in [6.07, 6.45) is 2.39. The van der Waals surface area contributed by atoms with Gasteiger partial charge >= 0.3 is 0 Å². The van der Waals surface area contributed by atoms with Crippen LogP contribution in [0.5, 0.6) is 0 Å². The fourth-order valence-corrected chi connectivity index (χ4v) is 3.13. The highest BCUT2D eigenvalue weighted by atomic mass is 35.5. The van der Waals surface area contributed by atoms with E-state index in [1.54, 1.807) is 12.1 Å². The molecule has 0 aliphatic carbocycles. The summed E-state index contributed by atoms with van der Waals surface area (Å²) in [6, 6.07) is 3.44. The van der Waals surface area contributed by atoms with E-state index in [0.29, 0.717) is 27.1 Å². The topological polar surface area (TPSA) is 42.0 Å². The maximum Gasteiger partial charge on any atom is 0.226 e. The Labute approximate surface area is 119 Å². The fraction of sp³-hybridized carbons (Fsp3) is 0.333. The molecule has 18 heavy (non-hydrogen) atoms. The first kappa shape index (κ1) is 13.6. The molecule has 2 rings (SSSR count). The summed E-state index contributed by atoms with van der Waals surface area (Å²) in [6.45, 7) is 2.05. The smallest absolute Gasteiger partial charge is 0.226 e. The minimum Gasteiger partial charge on any atom is -0.302 e. The first-order chi connectivity index (χ1) is 8.60. The zero-order valence-corrected chi connectivity index (χ0v) is 12.1. The summed E-state index contributed by atoms with van der Waals surface area (Å²) in [5.74, 6) is -0.0156. The van der Waals surface area contributed by atoms with Crippen LogP contribution in [0, 0.1) is 0 Å². The fourth-order valence-electron chi connectivity index (χ4n) is 1.53. The van der Waals surface area contributed by atoms with Crippen molar-refractivity contribution in [2.24, 2.45) is 0 Å². The van der Waals surface area contributed by atoms with Gasteiger partial charge in [-0.2, -0.15) is 0 Å². The van der Waals surface area contributed by atoms with Crippen molar-refractivity contribution in [1.29, 1.82) is 0 Å². The van der Waals surface area contributed by atoms with Crippen molar-refractivity contribution in [2.45, 2.75) is 26.2 Å². The SMILES string of the molecule is CCCCC(=O)Nc1nc2c(Cl)cc(Cl)cc2s1. The Morgan fingerprint density at radius 3 is 2.94 bits per heavy atom. The molecule has 0 fully saturated rings. The number of anilines is 1. The average Bonchev–Trinajstić information content (AvgIpc) is 2.69. The lowest BCUT2D eigenvalue weighted by molar-refractivity contribution is -0.116. The van der Waals surface area contributed by atoms with E-state index in [-0.39, 0.29) is 5.91 Å². The standard InChI is InChI=1S/C12H12Cl2N2OS/c1-2-3-4-10(17)15-12-16-11-8(14)5-7(13)6-9(11)18-12/h5-6H,2-4H2,1H3,(H,15,16,17). The van der Waals surface area contributed by atoms with E-state index in [0.717, 1.165) is 17.5 Å². The molecule has 3 nitrogen and oxygen atoms in total. The number of carbonyl (C=O) groups is 1. The van der Waals surface area contributed by atoms with Crippen LogP contribution in [0.2, 0.25) is 10.0 Å². The van der Waals surface area contributed by atoms with Crippen molar-refractivity contribution >= 4 is 55.8 Å². The van der Waals surface area contributed by atoms with E-state index in [1.807, 2.05) is 6.92 Å². The molecule has 0 aliphatic heterocycles. The van der Waals surface area contributed by atoms with Crippen LogP contribution in [-0.4, -0.2) is 10.9 Å². The molecule has 0 unspecified atom stereocenters. The number of aromatic nitrogens is 1. The van der Waals surface area contributed by atoms with Crippen LogP contribution >= 0.6 is 34.5 Å². The summed E-state index contributed by atoms with van der Waals surface area (Å²) in [5, 5.41) is 4.42. The lowest BCUT2D eigenvalue weighted by Gasteiger charge is -1.98. The van der Waals surface area contributed by atoms with Crippen LogP contribution in [0.15, 0.2) is 12.1 Å². The Morgan fingerprint density at radius 1 is 1.44 bits per heavy atom. The van der Waals surface area contributed by atoms with Gasteiger partial charge in [-0.1, -0.05) is 47.9 Å². The third-order valence-corrected chi connectivity index (χ3v) is 3.84. The van der Waals surface area contributed by atoms with Gasteiger partial charge in [0, 0.05) is 11.4 Å². The predicted molar refractivity (Wildman–Crippen MR) is 77.8 cm³/mol. The largest absolute Gasteiger partial charge is 0.302 e. The Kier molecular flexibility index (Phi) is 4.43. The molecular formula is C12H12Cl2N2OS. The molecule has 2 aromatic rings. The highest BCUT2D eigenvalue weighted by Crippen LogP contribution is 2.33. The molecular weight excluding hydrogens is 291 g/mol. The van der Waals surface area contributed by atoms with Crippen LogP contribution in [-0.2, 0) is 4.79 Å². The average molecular weight is 303 g/mol. The van der Waals surface area contributed by atoms with Crippen molar-refractivity contribution in [3.8, 4) is 0 Å². The summed E-state index contributed by atoms with van der Waals surface area (Å²) < 4.78 is 0.873. The third-order valence-electron chi connectivity index (χ3n) is 2.42. The molecule has 0 bridgehead atoms. The van der Waals surface area contributed by atoms with Gasteiger partial charge in [-0.3, -0.25) is 4.79 Å². The van der Waals surface area contributed by atoms with Gasteiger partial charge in [0.15, 0.2) is 5.13 Å². The van der Waals surface area contributed by atoms with Crippen LogP contribution in [0.4, 0.5) is 5.13 Å². The summed E-state index contributed by atoms with van der Waals surface area (Å²) in [7, 11) is 0. The Morgan fingerprint density at radius 2 is 2.22 bits per heavy atom. The highest BCUT2D eigenvalue weighted by Gasteiger charge is 2.10. The lowest BCUT2D eigenvalue weighted by atomic mass is 10.2. The van der Waals surface area contributed by atoms with E-state index >= 15 is 0 Å². The van der Waals surface area contributed by atoms with Crippen molar-refractivity contribution < 1.29 is 4.79 Å². The van der Waals surface area contributed by atoms with Crippen molar-refractivity contribution in [2.75, 3.05) is 5.32 Å². The van der Waals surface area contributed by atoms with Gasteiger partial charge in [0.05, 0.1) is 9.72 Å². The number of halogens is 2. The molecule has 0 saturated heterocycles. The van der Waals surface area contributed by atoms with Crippen LogP contribution in [0.25, 0.3) is 10.2 Å². The summed E-state index contributed by atoms with van der Waals surface area (Å²) in [5.41, 5.74) is 0.678. The predicted octanol–water partition coefficient (Wildman–Crippen LogP) is 4.73. The zero-order valence-electron chi connectivity index (χ0n) is 9.80. The van der Waals surface area contributed by atoms with E-state index in [2.05, 4.69) is 10.3 Å². The van der Waals surface area contributed by atoms with Gasteiger partial charge in [-0.25, -0.2) is 4.98 Å². The van der Waals surface area contributed by atoms with E-state index in [9.17, 15) is 4.79 Å². The van der Waals surface area contributed by atoms with E-state index < -0.39 is 0 Å². The number of unbranched alkanes of at least 4 members (excludes halogenated alkanes) is 1. The second kappa shape index (κ2) is 5.87. The Bertz CT molecular complexity index is 583. The second-order valence-electron chi connectivity index (χ2n) is 3.91. The maximum absolute atomic E-state index is 11.6. The molecule has 1 aromatic carbocycles. The molecule has 1 amide bonds. The lowest BCUT2D eigenvalue weighted by Crippen LogP contribution is -2.10. The van der Waals surface area contributed by atoms with Crippen LogP contribution in [0.3, 0.4) is 0 Å².